The smallest absolute Gasteiger partial charge is 0.253 e. The van der Waals surface area contributed by atoms with E-state index in [0.717, 1.165) is 27.8 Å². The number of methoxy groups -OCH3 is 1. The van der Waals surface area contributed by atoms with Crippen LogP contribution in [0, 0.1) is 0 Å². The van der Waals surface area contributed by atoms with E-state index < -0.39 is 0 Å². The van der Waals surface area contributed by atoms with Crippen molar-refractivity contribution < 1.29 is 9.53 Å². The summed E-state index contributed by atoms with van der Waals surface area (Å²) in [6, 6.07) is 21.5. The van der Waals surface area contributed by atoms with Gasteiger partial charge in [0.05, 0.1) is 12.8 Å². The molecular formula is C23H21N3O2. The number of hydrogen-bond donors (Lipinski definition) is 0. The van der Waals surface area contributed by atoms with E-state index in [9.17, 15) is 4.79 Å². The van der Waals surface area contributed by atoms with E-state index >= 15 is 0 Å². The molecule has 1 heterocycles. The Bertz CT molecular complexity index is 1100. The molecule has 1 aromatic heterocycles. The van der Waals surface area contributed by atoms with Gasteiger partial charge in [-0.15, -0.1) is 0 Å². The Morgan fingerprint density at radius 2 is 1.79 bits per heavy atom. The van der Waals surface area contributed by atoms with E-state index in [4.69, 9.17) is 4.74 Å². The minimum Gasteiger partial charge on any atom is -0.497 e. The van der Waals surface area contributed by atoms with Gasteiger partial charge >= 0.3 is 0 Å². The molecule has 4 aromatic rings. The SMILES string of the molecule is COc1ccc2cc(CN(C)C(=O)c3ccc(-n4cccn4)cc3)ccc2c1. The summed E-state index contributed by atoms with van der Waals surface area (Å²) in [4.78, 5) is 14.5. The lowest BCUT2D eigenvalue weighted by Crippen LogP contribution is -2.26. The second-order valence-electron chi connectivity index (χ2n) is 6.71. The molecule has 3 aromatic carbocycles. The number of fused-ring (bicyclic) bond motifs is 1. The minimum atomic E-state index is -0.0122. The van der Waals surface area contributed by atoms with Gasteiger partial charge in [-0.2, -0.15) is 5.10 Å². The number of nitrogens with zero attached hydrogens (tertiary/aromatic N) is 3. The second kappa shape index (κ2) is 7.56. The summed E-state index contributed by atoms with van der Waals surface area (Å²) in [5.74, 6) is 0.827. The van der Waals surface area contributed by atoms with E-state index in [0.29, 0.717) is 12.1 Å². The number of carbonyl (C=O) groups excluding carboxylic acids is 1. The van der Waals surface area contributed by atoms with Gasteiger partial charge in [-0.3, -0.25) is 4.79 Å². The lowest BCUT2D eigenvalue weighted by molar-refractivity contribution is 0.0785. The average molecular weight is 371 g/mol. The Kier molecular flexibility index (Phi) is 4.81. The topological polar surface area (TPSA) is 47.4 Å². The van der Waals surface area contributed by atoms with Gasteiger partial charge in [0.2, 0.25) is 0 Å². The molecule has 4 rings (SSSR count). The third-order valence-corrected chi connectivity index (χ3v) is 4.76. The molecule has 0 fully saturated rings. The molecule has 0 N–H and O–H groups in total. The van der Waals surface area contributed by atoms with Crippen LogP contribution in [0.15, 0.2) is 79.1 Å². The highest BCUT2D eigenvalue weighted by atomic mass is 16.5. The van der Waals surface area contributed by atoms with Crippen molar-refractivity contribution in [3.63, 3.8) is 0 Å². The number of amides is 1. The van der Waals surface area contributed by atoms with Crippen LogP contribution in [0.1, 0.15) is 15.9 Å². The van der Waals surface area contributed by atoms with Gasteiger partial charge in [0.15, 0.2) is 0 Å². The van der Waals surface area contributed by atoms with E-state index in [-0.39, 0.29) is 5.91 Å². The molecular weight excluding hydrogens is 350 g/mol. The average Bonchev–Trinajstić information content (AvgIpc) is 3.28. The van der Waals surface area contributed by atoms with Crippen molar-refractivity contribution in [2.24, 2.45) is 0 Å². The number of aromatic nitrogens is 2. The Balaban J connectivity index is 1.49. The first kappa shape index (κ1) is 17.8. The number of ether oxygens (including phenoxy) is 1. The predicted molar refractivity (Wildman–Crippen MR) is 110 cm³/mol. The molecule has 1 amide bonds. The number of rotatable bonds is 5. The van der Waals surface area contributed by atoms with Crippen LogP contribution in [-0.2, 0) is 6.54 Å². The Morgan fingerprint density at radius 1 is 1.04 bits per heavy atom. The molecule has 0 unspecified atom stereocenters. The zero-order chi connectivity index (χ0) is 19.5. The Morgan fingerprint density at radius 3 is 2.50 bits per heavy atom. The maximum absolute atomic E-state index is 12.8. The highest BCUT2D eigenvalue weighted by Gasteiger charge is 2.12. The first-order chi connectivity index (χ1) is 13.6. The standard InChI is InChI=1S/C23H21N3O2/c1-25(16-17-4-5-20-15-22(28-2)11-8-19(20)14-17)23(27)18-6-9-21(10-7-18)26-13-3-12-24-26/h3-15H,16H2,1-2H3. The van der Waals surface area contributed by atoms with Gasteiger partial charge in [-0.1, -0.05) is 18.2 Å². The van der Waals surface area contributed by atoms with Crippen molar-refractivity contribution in [2.75, 3.05) is 14.2 Å². The quantitative estimate of drug-likeness (QED) is 0.525. The minimum absolute atomic E-state index is 0.0122. The molecule has 0 atom stereocenters. The number of carbonyl (C=O) groups is 1. The number of benzene rings is 3. The fourth-order valence-electron chi connectivity index (χ4n) is 3.24. The molecule has 0 saturated heterocycles. The monoisotopic (exact) mass is 371 g/mol. The molecule has 5 heteroatoms. The fourth-order valence-corrected chi connectivity index (χ4v) is 3.24. The van der Waals surface area contributed by atoms with Crippen molar-refractivity contribution in [1.29, 1.82) is 0 Å². The third-order valence-electron chi connectivity index (χ3n) is 4.76. The summed E-state index contributed by atoms with van der Waals surface area (Å²) in [6.45, 7) is 0.543. The molecule has 0 bridgehead atoms. The molecule has 0 spiro atoms. The molecule has 0 aliphatic heterocycles. The van der Waals surface area contributed by atoms with Crippen LogP contribution in [-0.4, -0.2) is 34.7 Å². The maximum Gasteiger partial charge on any atom is 0.253 e. The van der Waals surface area contributed by atoms with Crippen LogP contribution in [0.5, 0.6) is 5.75 Å². The molecule has 5 nitrogen and oxygen atoms in total. The van der Waals surface area contributed by atoms with Crippen molar-refractivity contribution in [2.45, 2.75) is 6.54 Å². The lowest BCUT2D eigenvalue weighted by Gasteiger charge is -2.18. The first-order valence-corrected chi connectivity index (χ1v) is 9.06. The largest absolute Gasteiger partial charge is 0.497 e. The van der Waals surface area contributed by atoms with Crippen molar-refractivity contribution >= 4 is 16.7 Å². The normalized spacial score (nSPS) is 10.8. The Hall–Kier alpha value is -3.60. The van der Waals surface area contributed by atoms with Crippen LogP contribution < -0.4 is 4.74 Å². The highest BCUT2D eigenvalue weighted by molar-refractivity contribution is 5.94. The van der Waals surface area contributed by atoms with Crippen molar-refractivity contribution in [3.8, 4) is 11.4 Å². The van der Waals surface area contributed by atoms with Gasteiger partial charge < -0.3 is 9.64 Å². The van der Waals surface area contributed by atoms with Gasteiger partial charge in [-0.25, -0.2) is 4.68 Å². The summed E-state index contributed by atoms with van der Waals surface area (Å²) in [5.41, 5.74) is 2.67. The van der Waals surface area contributed by atoms with Gasteiger partial charge in [0.25, 0.3) is 5.91 Å². The molecule has 0 saturated carbocycles. The zero-order valence-electron chi connectivity index (χ0n) is 15.9. The maximum atomic E-state index is 12.8. The second-order valence-corrected chi connectivity index (χ2v) is 6.71. The van der Waals surface area contributed by atoms with E-state index in [2.05, 4.69) is 17.2 Å². The summed E-state index contributed by atoms with van der Waals surface area (Å²) in [6.07, 6.45) is 3.60. The molecule has 0 aliphatic rings. The Labute approximate surface area is 163 Å². The van der Waals surface area contributed by atoms with Gasteiger partial charge in [0, 0.05) is 31.5 Å². The molecule has 0 radical (unpaired) electrons. The number of hydrogen-bond acceptors (Lipinski definition) is 3. The van der Waals surface area contributed by atoms with Crippen molar-refractivity contribution in [1.82, 2.24) is 14.7 Å². The van der Waals surface area contributed by atoms with E-state index in [1.807, 2.05) is 67.8 Å². The van der Waals surface area contributed by atoms with Crippen LogP contribution in [0.3, 0.4) is 0 Å². The van der Waals surface area contributed by atoms with Gasteiger partial charge in [0.1, 0.15) is 5.75 Å². The summed E-state index contributed by atoms with van der Waals surface area (Å²) in [7, 11) is 3.49. The zero-order valence-corrected chi connectivity index (χ0v) is 15.9. The molecule has 140 valence electrons. The fraction of sp³-hybridized carbons (Fsp3) is 0.130. The third kappa shape index (κ3) is 3.60. The summed E-state index contributed by atoms with van der Waals surface area (Å²) >= 11 is 0. The molecule has 0 aliphatic carbocycles. The van der Waals surface area contributed by atoms with Crippen molar-refractivity contribution in [3.05, 3.63) is 90.3 Å². The van der Waals surface area contributed by atoms with Crippen LogP contribution in [0.25, 0.3) is 16.5 Å². The van der Waals surface area contributed by atoms with Crippen LogP contribution in [0.4, 0.5) is 0 Å². The van der Waals surface area contributed by atoms with Gasteiger partial charge in [-0.05, 0) is 64.9 Å². The van der Waals surface area contributed by atoms with Crippen LogP contribution >= 0.6 is 0 Å². The predicted octanol–water partition coefficient (Wildman–Crippen LogP) is 4.31. The van der Waals surface area contributed by atoms with E-state index in [1.54, 1.807) is 22.9 Å². The van der Waals surface area contributed by atoms with E-state index in [1.165, 1.54) is 0 Å². The highest BCUT2D eigenvalue weighted by Crippen LogP contribution is 2.22. The molecule has 28 heavy (non-hydrogen) atoms. The summed E-state index contributed by atoms with van der Waals surface area (Å²) in [5, 5.41) is 6.45. The first-order valence-electron chi connectivity index (χ1n) is 9.06. The van der Waals surface area contributed by atoms with Crippen LogP contribution in [0.2, 0.25) is 0 Å². The lowest BCUT2D eigenvalue weighted by atomic mass is 10.1. The summed E-state index contributed by atoms with van der Waals surface area (Å²) < 4.78 is 7.04.